The SMILES string of the molecule is CSc1nnc(CCCNC(=O)C2CC2c2ccc(C(F)(F)F)cc2)n1C1CCCC1. The van der Waals surface area contributed by atoms with E-state index in [4.69, 9.17) is 0 Å². The first-order valence-electron chi connectivity index (χ1n) is 10.8. The fraction of sp³-hybridized carbons (Fsp3) is 0.591. The van der Waals surface area contributed by atoms with Crippen LogP contribution in [0, 0.1) is 5.92 Å². The standard InChI is InChI=1S/C22H27F3N4OS/c1-31-21-28-27-19(29(21)16-5-2-3-6-16)7-4-12-26-20(30)18-13-17(18)14-8-10-15(11-9-14)22(23,24)25/h8-11,16-18H,2-7,12-13H2,1H3,(H,26,30). The Morgan fingerprint density at radius 3 is 2.55 bits per heavy atom. The third kappa shape index (κ3) is 5.07. The Morgan fingerprint density at radius 2 is 1.90 bits per heavy atom. The molecule has 1 aromatic heterocycles. The second-order valence-corrected chi connectivity index (χ2v) is 9.15. The van der Waals surface area contributed by atoms with E-state index in [9.17, 15) is 18.0 Å². The molecule has 1 heterocycles. The summed E-state index contributed by atoms with van der Waals surface area (Å²) < 4.78 is 40.4. The molecule has 1 amide bonds. The van der Waals surface area contributed by atoms with Gasteiger partial charge in [-0.3, -0.25) is 4.79 Å². The first kappa shape index (κ1) is 22.2. The predicted molar refractivity (Wildman–Crippen MR) is 113 cm³/mol. The number of hydrogen-bond acceptors (Lipinski definition) is 4. The van der Waals surface area contributed by atoms with Gasteiger partial charge in [-0.25, -0.2) is 0 Å². The van der Waals surface area contributed by atoms with E-state index in [-0.39, 0.29) is 17.7 Å². The maximum atomic E-state index is 12.7. The second-order valence-electron chi connectivity index (χ2n) is 8.37. The monoisotopic (exact) mass is 452 g/mol. The summed E-state index contributed by atoms with van der Waals surface area (Å²) in [5, 5.41) is 12.6. The third-order valence-corrected chi connectivity index (χ3v) is 6.92. The van der Waals surface area contributed by atoms with Gasteiger partial charge in [0.2, 0.25) is 5.91 Å². The number of carbonyl (C=O) groups is 1. The number of alkyl halides is 3. The zero-order chi connectivity index (χ0) is 22.0. The molecule has 0 aliphatic heterocycles. The molecule has 9 heteroatoms. The highest BCUT2D eigenvalue weighted by Crippen LogP contribution is 2.48. The lowest BCUT2D eigenvalue weighted by molar-refractivity contribution is -0.137. The van der Waals surface area contributed by atoms with Crippen molar-refractivity contribution in [2.75, 3.05) is 12.8 Å². The minimum absolute atomic E-state index is 0.0110. The second kappa shape index (κ2) is 9.22. The molecule has 2 atom stereocenters. The fourth-order valence-corrected chi connectivity index (χ4v) is 5.08. The van der Waals surface area contributed by atoms with Crippen LogP contribution in [0.15, 0.2) is 29.4 Å². The van der Waals surface area contributed by atoms with Gasteiger partial charge >= 0.3 is 6.18 Å². The maximum absolute atomic E-state index is 12.7. The number of halogens is 3. The van der Waals surface area contributed by atoms with Crippen molar-refractivity contribution in [3.05, 3.63) is 41.2 Å². The van der Waals surface area contributed by atoms with Gasteiger partial charge in [0.15, 0.2) is 5.16 Å². The number of hydrogen-bond donors (Lipinski definition) is 1. The van der Waals surface area contributed by atoms with Crippen molar-refractivity contribution in [3.8, 4) is 0 Å². The Labute approximate surface area is 184 Å². The van der Waals surface area contributed by atoms with E-state index in [1.165, 1.54) is 37.8 Å². The molecule has 2 unspecified atom stereocenters. The van der Waals surface area contributed by atoms with Gasteiger partial charge in [-0.2, -0.15) is 13.2 Å². The molecule has 0 radical (unpaired) electrons. The Balaban J connectivity index is 1.24. The number of rotatable bonds is 8. The molecule has 2 fully saturated rings. The van der Waals surface area contributed by atoms with Gasteiger partial charge < -0.3 is 9.88 Å². The van der Waals surface area contributed by atoms with Crippen molar-refractivity contribution < 1.29 is 18.0 Å². The van der Waals surface area contributed by atoms with Crippen LogP contribution in [0.4, 0.5) is 13.2 Å². The Kier molecular flexibility index (Phi) is 6.60. The van der Waals surface area contributed by atoms with Crippen molar-refractivity contribution in [1.29, 1.82) is 0 Å². The summed E-state index contributed by atoms with van der Waals surface area (Å²) in [6, 6.07) is 5.63. The normalized spacial score (nSPS) is 21.4. The van der Waals surface area contributed by atoms with E-state index in [0.717, 1.165) is 41.5 Å². The summed E-state index contributed by atoms with van der Waals surface area (Å²) in [4.78, 5) is 12.4. The quantitative estimate of drug-likeness (QED) is 0.453. The summed E-state index contributed by atoms with van der Waals surface area (Å²) in [6.45, 7) is 0.557. The van der Waals surface area contributed by atoms with Crippen LogP contribution in [0.25, 0.3) is 0 Å². The molecule has 0 bridgehead atoms. The lowest BCUT2D eigenvalue weighted by atomic mass is 10.1. The molecule has 2 aliphatic rings. The van der Waals surface area contributed by atoms with Crippen molar-refractivity contribution in [2.45, 2.75) is 68.2 Å². The van der Waals surface area contributed by atoms with E-state index in [0.29, 0.717) is 19.0 Å². The van der Waals surface area contributed by atoms with Gasteiger partial charge in [-0.15, -0.1) is 10.2 Å². The van der Waals surface area contributed by atoms with Crippen molar-refractivity contribution in [3.63, 3.8) is 0 Å². The largest absolute Gasteiger partial charge is 0.416 e. The van der Waals surface area contributed by atoms with Crippen LogP contribution < -0.4 is 5.32 Å². The zero-order valence-electron chi connectivity index (χ0n) is 17.5. The molecule has 4 rings (SSSR count). The average Bonchev–Trinajstić information content (AvgIpc) is 3.17. The van der Waals surface area contributed by atoms with Crippen LogP contribution in [-0.4, -0.2) is 33.5 Å². The van der Waals surface area contributed by atoms with Crippen LogP contribution in [0.1, 0.15) is 67.4 Å². The molecular formula is C22H27F3N4OS. The summed E-state index contributed by atoms with van der Waals surface area (Å²) >= 11 is 1.62. The summed E-state index contributed by atoms with van der Waals surface area (Å²) in [5.41, 5.74) is 0.135. The van der Waals surface area contributed by atoms with Crippen LogP contribution in [0.5, 0.6) is 0 Å². The van der Waals surface area contributed by atoms with Crippen molar-refractivity contribution in [1.82, 2.24) is 20.1 Å². The van der Waals surface area contributed by atoms with E-state index in [1.807, 2.05) is 6.26 Å². The first-order chi connectivity index (χ1) is 14.9. The lowest BCUT2D eigenvalue weighted by Gasteiger charge is -2.16. The van der Waals surface area contributed by atoms with Gasteiger partial charge in [0.05, 0.1) is 5.56 Å². The molecule has 1 aromatic carbocycles. The van der Waals surface area contributed by atoms with Crippen LogP contribution >= 0.6 is 11.8 Å². The Morgan fingerprint density at radius 1 is 1.19 bits per heavy atom. The molecule has 2 aromatic rings. The Hall–Kier alpha value is -2.03. The highest BCUT2D eigenvalue weighted by molar-refractivity contribution is 7.98. The number of thioether (sulfide) groups is 1. The van der Waals surface area contributed by atoms with Gasteiger partial charge in [0.1, 0.15) is 5.82 Å². The number of carbonyl (C=O) groups excluding carboxylic acids is 1. The number of aryl methyl sites for hydroxylation is 1. The number of benzene rings is 1. The first-order valence-corrected chi connectivity index (χ1v) is 12.0. The summed E-state index contributed by atoms with van der Waals surface area (Å²) in [6.07, 6.45) is 4.73. The van der Waals surface area contributed by atoms with Gasteiger partial charge in [0, 0.05) is 24.9 Å². The highest BCUT2D eigenvalue weighted by atomic mass is 32.2. The van der Waals surface area contributed by atoms with Crippen molar-refractivity contribution in [2.24, 2.45) is 5.92 Å². The van der Waals surface area contributed by atoms with Crippen LogP contribution in [-0.2, 0) is 17.4 Å². The van der Waals surface area contributed by atoms with Gasteiger partial charge in [-0.1, -0.05) is 36.7 Å². The van der Waals surface area contributed by atoms with Crippen LogP contribution in [0.2, 0.25) is 0 Å². The van der Waals surface area contributed by atoms with E-state index < -0.39 is 11.7 Å². The minimum Gasteiger partial charge on any atom is -0.356 e. The number of amides is 1. The molecule has 2 aliphatic carbocycles. The molecule has 0 saturated heterocycles. The topological polar surface area (TPSA) is 59.8 Å². The van der Waals surface area contributed by atoms with Crippen molar-refractivity contribution >= 4 is 17.7 Å². The number of aromatic nitrogens is 3. The summed E-state index contributed by atoms with van der Waals surface area (Å²) in [7, 11) is 0. The highest BCUT2D eigenvalue weighted by Gasteiger charge is 2.44. The molecule has 5 nitrogen and oxygen atoms in total. The average molecular weight is 453 g/mol. The van der Waals surface area contributed by atoms with E-state index in [1.54, 1.807) is 11.8 Å². The molecule has 0 spiro atoms. The van der Waals surface area contributed by atoms with Gasteiger partial charge in [-0.05, 0) is 55.6 Å². The molecule has 168 valence electrons. The number of nitrogens with zero attached hydrogens (tertiary/aromatic N) is 3. The zero-order valence-corrected chi connectivity index (χ0v) is 18.3. The Bertz CT molecular complexity index is 906. The van der Waals surface area contributed by atoms with Crippen LogP contribution in [0.3, 0.4) is 0 Å². The minimum atomic E-state index is -4.34. The fourth-order valence-electron chi connectivity index (χ4n) is 4.51. The van der Waals surface area contributed by atoms with Gasteiger partial charge in [0.25, 0.3) is 0 Å². The predicted octanol–water partition coefficient (Wildman–Crippen LogP) is 4.99. The van der Waals surface area contributed by atoms with E-state index in [2.05, 4.69) is 20.1 Å². The maximum Gasteiger partial charge on any atom is 0.416 e. The number of nitrogens with one attached hydrogen (secondary N) is 1. The smallest absolute Gasteiger partial charge is 0.356 e. The molecular weight excluding hydrogens is 425 g/mol. The third-order valence-electron chi connectivity index (χ3n) is 6.28. The summed E-state index contributed by atoms with van der Waals surface area (Å²) in [5.74, 6) is 0.824. The molecule has 31 heavy (non-hydrogen) atoms. The molecule has 1 N–H and O–H groups in total. The lowest BCUT2D eigenvalue weighted by Crippen LogP contribution is -2.27. The van der Waals surface area contributed by atoms with E-state index >= 15 is 0 Å². The molecule has 2 saturated carbocycles.